The Hall–Kier alpha value is -1.51. The summed E-state index contributed by atoms with van der Waals surface area (Å²) in [5.74, 6) is 0.546. The van der Waals surface area contributed by atoms with Gasteiger partial charge in [-0.3, -0.25) is 4.79 Å². The third kappa shape index (κ3) is 3.62. The van der Waals surface area contributed by atoms with Gasteiger partial charge in [-0.15, -0.1) is 0 Å². The first kappa shape index (κ1) is 11.6. The van der Waals surface area contributed by atoms with Gasteiger partial charge in [0.15, 0.2) is 0 Å². The highest BCUT2D eigenvalue weighted by atomic mass is 16.5. The highest BCUT2D eigenvalue weighted by Gasteiger charge is 2.04. The summed E-state index contributed by atoms with van der Waals surface area (Å²) >= 11 is 0. The van der Waals surface area contributed by atoms with E-state index in [1.165, 1.54) is 0 Å². The fourth-order valence-electron chi connectivity index (χ4n) is 1.41. The topological polar surface area (TPSA) is 52.3 Å². The van der Waals surface area contributed by atoms with Crippen molar-refractivity contribution in [1.29, 1.82) is 0 Å². The van der Waals surface area contributed by atoms with Crippen molar-refractivity contribution in [2.24, 2.45) is 5.73 Å². The van der Waals surface area contributed by atoms with Crippen molar-refractivity contribution in [3.05, 3.63) is 29.3 Å². The van der Waals surface area contributed by atoms with Crippen molar-refractivity contribution < 1.29 is 9.53 Å². The molecule has 0 saturated carbocycles. The number of hydrogen-bond donors (Lipinski definition) is 1. The van der Waals surface area contributed by atoms with Gasteiger partial charge in [0.1, 0.15) is 5.75 Å². The monoisotopic (exact) mass is 207 g/mol. The number of aryl methyl sites for hydroxylation is 1. The van der Waals surface area contributed by atoms with Crippen molar-refractivity contribution in [2.75, 3.05) is 0 Å². The fourth-order valence-corrected chi connectivity index (χ4v) is 1.41. The Morgan fingerprint density at radius 2 is 2.13 bits per heavy atom. The second kappa shape index (κ2) is 4.82. The fraction of sp³-hybridized carbons (Fsp3) is 0.417. The molecule has 0 unspecified atom stereocenters. The maximum absolute atomic E-state index is 10.7. The molecule has 15 heavy (non-hydrogen) atoms. The quantitative estimate of drug-likeness (QED) is 0.818. The van der Waals surface area contributed by atoms with E-state index in [2.05, 4.69) is 0 Å². The molecule has 3 heteroatoms. The summed E-state index contributed by atoms with van der Waals surface area (Å²) in [4.78, 5) is 10.7. The molecule has 3 nitrogen and oxygen atoms in total. The van der Waals surface area contributed by atoms with Crippen LogP contribution in [-0.2, 0) is 11.2 Å². The molecule has 0 spiro atoms. The zero-order valence-electron chi connectivity index (χ0n) is 9.41. The van der Waals surface area contributed by atoms with Crippen LogP contribution in [0.5, 0.6) is 5.75 Å². The van der Waals surface area contributed by atoms with E-state index < -0.39 is 0 Å². The smallest absolute Gasteiger partial charge is 0.221 e. The molecule has 0 atom stereocenters. The highest BCUT2D eigenvalue weighted by molar-refractivity contribution is 5.76. The van der Waals surface area contributed by atoms with Crippen molar-refractivity contribution in [1.82, 2.24) is 0 Å². The van der Waals surface area contributed by atoms with Crippen molar-refractivity contribution in [3.63, 3.8) is 0 Å². The number of primary amides is 1. The van der Waals surface area contributed by atoms with Gasteiger partial charge in [0, 0.05) is 0 Å². The van der Waals surface area contributed by atoms with Crippen LogP contribution in [0.4, 0.5) is 0 Å². The van der Waals surface area contributed by atoms with Crippen LogP contribution in [0.25, 0.3) is 0 Å². The molecule has 0 aromatic heterocycles. The Labute approximate surface area is 90.2 Å². The third-order valence-electron chi connectivity index (χ3n) is 1.98. The number of carbonyl (C=O) groups is 1. The van der Waals surface area contributed by atoms with Gasteiger partial charge in [0.2, 0.25) is 5.91 Å². The van der Waals surface area contributed by atoms with Crippen LogP contribution in [0.3, 0.4) is 0 Å². The number of amides is 1. The minimum atomic E-state index is -0.313. The Kier molecular flexibility index (Phi) is 3.72. The maximum atomic E-state index is 10.7. The Bertz CT molecular complexity index is 359. The molecule has 1 aromatic carbocycles. The normalized spacial score (nSPS) is 10.4. The van der Waals surface area contributed by atoms with E-state index >= 15 is 0 Å². The van der Waals surface area contributed by atoms with Crippen molar-refractivity contribution >= 4 is 5.91 Å². The number of nitrogens with two attached hydrogens (primary N) is 1. The van der Waals surface area contributed by atoms with E-state index in [0.29, 0.717) is 0 Å². The zero-order valence-corrected chi connectivity index (χ0v) is 9.41. The Balaban J connectivity index is 2.83. The van der Waals surface area contributed by atoms with Crippen molar-refractivity contribution in [2.45, 2.75) is 33.3 Å². The molecule has 0 aliphatic carbocycles. The number of benzene rings is 1. The number of ether oxygens (including phenoxy) is 1. The number of hydrogen-bond acceptors (Lipinski definition) is 2. The molecule has 1 amide bonds. The van der Waals surface area contributed by atoms with Crippen LogP contribution >= 0.6 is 0 Å². The molecule has 1 aromatic rings. The summed E-state index contributed by atoms with van der Waals surface area (Å²) < 4.78 is 5.59. The van der Waals surface area contributed by atoms with Gasteiger partial charge in [-0.2, -0.15) is 0 Å². The third-order valence-corrected chi connectivity index (χ3v) is 1.98. The van der Waals surface area contributed by atoms with E-state index in [4.69, 9.17) is 10.5 Å². The summed E-state index contributed by atoms with van der Waals surface area (Å²) in [6.45, 7) is 5.93. The highest BCUT2D eigenvalue weighted by Crippen LogP contribution is 2.20. The number of rotatable bonds is 4. The SMILES string of the molecule is Cc1cc(CC(N)=O)ccc1OC(C)C. The molecule has 0 saturated heterocycles. The van der Waals surface area contributed by atoms with Gasteiger partial charge < -0.3 is 10.5 Å². The van der Waals surface area contributed by atoms with E-state index in [1.54, 1.807) is 0 Å². The average Bonchev–Trinajstić information content (AvgIpc) is 2.08. The van der Waals surface area contributed by atoms with E-state index in [9.17, 15) is 4.79 Å². The van der Waals surface area contributed by atoms with Crippen LogP contribution in [0.1, 0.15) is 25.0 Å². The first-order chi connectivity index (χ1) is 6.99. The molecule has 0 fully saturated rings. The zero-order chi connectivity index (χ0) is 11.4. The molecule has 82 valence electrons. The summed E-state index contributed by atoms with van der Waals surface area (Å²) in [5, 5.41) is 0. The second-order valence-corrected chi connectivity index (χ2v) is 3.91. The molecule has 2 N–H and O–H groups in total. The largest absolute Gasteiger partial charge is 0.491 e. The number of carbonyl (C=O) groups excluding carboxylic acids is 1. The Morgan fingerprint density at radius 1 is 1.47 bits per heavy atom. The average molecular weight is 207 g/mol. The summed E-state index contributed by atoms with van der Waals surface area (Å²) in [6, 6.07) is 5.69. The summed E-state index contributed by atoms with van der Waals surface area (Å²) in [5.41, 5.74) is 7.08. The lowest BCUT2D eigenvalue weighted by Gasteiger charge is -2.12. The lowest BCUT2D eigenvalue weighted by molar-refractivity contribution is -0.117. The minimum Gasteiger partial charge on any atom is -0.491 e. The maximum Gasteiger partial charge on any atom is 0.221 e. The van der Waals surface area contributed by atoms with E-state index in [1.807, 2.05) is 39.0 Å². The predicted octanol–water partition coefficient (Wildman–Crippen LogP) is 1.81. The molecule has 0 bridgehead atoms. The van der Waals surface area contributed by atoms with Gasteiger partial charge >= 0.3 is 0 Å². The van der Waals surface area contributed by atoms with Gasteiger partial charge in [-0.25, -0.2) is 0 Å². The molecule has 0 heterocycles. The van der Waals surface area contributed by atoms with Gasteiger partial charge in [0.05, 0.1) is 12.5 Å². The first-order valence-corrected chi connectivity index (χ1v) is 5.03. The van der Waals surface area contributed by atoms with Crippen LogP contribution in [-0.4, -0.2) is 12.0 Å². The lowest BCUT2D eigenvalue weighted by Crippen LogP contribution is -2.14. The minimum absolute atomic E-state index is 0.158. The summed E-state index contributed by atoms with van der Waals surface area (Å²) in [6.07, 6.45) is 0.439. The second-order valence-electron chi connectivity index (χ2n) is 3.91. The molecule has 0 radical (unpaired) electrons. The summed E-state index contributed by atoms with van der Waals surface area (Å²) in [7, 11) is 0. The van der Waals surface area contributed by atoms with Crippen LogP contribution in [0.2, 0.25) is 0 Å². The molecule has 0 aliphatic heterocycles. The van der Waals surface area contributed by atoms with E-state index in [0.717, 1.165) is 16.9 Å². The molecule has 1 rings (SSSR count). The standard InChI is InChI=1S/C12H17NO2/c1-8(2)15-11-5-4-10(6-9(11)3)7-12(13)14/h4-6,8H,7H2,1-3H3,(H2,13,14). The van der Waals surface area contributed by atoms with Gasteiger partial charge in [0.25, 0.3) is 0 Å². The van der Waals surface area contributed by atoms with Crippen molar-refractivity contribution in [3.8, 4) is 5.75 Å². The van der Waals surface area contributed by atoms with Crippen LogP contribution in [0.15, 0.2) is 18.2 Å². The van der Waals surface area contributed by atoms with Crippen LogP contribution in [0, 0.1) is 6.92 Å². The first-order valence-electron chi connectivity index (χ1n) is 5.03. The molecular formula is C12H17NO2. The lowest BCUT2D eigenvalue weighted by atomic mass is 10.1. The van der Waals surface area contributed by atoms with Gasteiger partial charge in [-0.05, 0) is 38.0 Å². The van der Waals surface area contributed by atoms with Gasteiger partial charge in [-0.1, -0.05) is 12.1 Å². The Morgan fingerprint density at radius 3 is 2.60 bits per heavy atom. The molecular weight excluding hydrogens is 190 g/mol. The molecule has 0 aliphatic rings. The van der Waals surface area contributed by atoms with E-state index in [-0.39, 0.29) is 18.4 Å². The predicted molar refractivity (Wildman–Crippen MR) is 59.8 cm³/mol. The van der Waals surface area contributed by atoms with Crippen LogP contribution < -0.4 is 10.5 Å².